The zero-order valence-electron chi connectivity index (χ0n) is 10.2. The molecule has 0 aliphatic carbocycles. The van der Waals surface area contributed by atoms with Gasteiger partial charge in [-0.25, -0.2) is 0 Å². The maximum absolute atomic E-state index is 10.6. The third-order valence-corrected chi connectivity index (χ3v) is 2.53. The van der Waals surface area contributed by atoms with Gasteiger partial charge in [0.25, 0.3) is 5.69 Å². The minimum absolute atomic E-state index is 0.0167. The summed E-state index contributed by atoms with van der Waals surface area (Å²) in [5.41, 5.74) is 6.18. The fourth-order valence-corrected chi connectivity index (χ4v) is 1.55. The highest BCUT2D eigenvalue weighted by molar-refractivity contribution is 5.43. The van der Waals surface area contributed by atoms with Crippen molar-refractivity contribution in [1.29, 1.82) is 0 Å². The first-order chi connectivity index (χ1) is 8.69. The van der Waals surface area contributed by atoms with Crippen molar-refractivity contribution in [2.24, 2.45) is 5.73 Å². The van der Waals surface area contributed by atoms with Crippen molar-refractivity contribution < 1.29 is 14.8 Å². The van der Waals surface area contributed by atoms with Gasteiger partial charge in [-0.2, -0.15) is 0 Å². The van der Waals surface area contributed by atoms with Gasteiger partial charge in [0.15, 0.2) is 0 Å². The lowest BCUT2D eigenvalue weighted by molar-refractivity contribution is -0.384. The van der Waals surface area contributed by atoms with Crippen molar-refractivity contribution >= 4 is 5.69 Å². The van der Waals surface area contributed by atoms with Crippen molar-refractivity contribution in [3.05, 3.63) is 33.9 Å². The van der Waals surface area contributed by atoms with Crippen molar-refractivity contribution in [1.82, 2.24) is 0 Å². The number of nitro groups is 1. The second kappa shape index (κ2) is 7.62. The third-order valence-electron chi connectivity index (χ3n) is 2.53. The summed E-state index contributed by atoms with van der Waals surface area (Å²) in [6.07, 6.45) is 2.48. The molecule has 0 heterocycles. The van der Waals surface area contributed by atoms with Crippen LogP contribution in [-0.4, -0.2) is 23.2 Å². The summed E-state index contributed by atoms with van der Waals surface area (Å²) in [5.74, 6) is 0.590. The molecule has 100 valence electrons. The van der Waals surface area contributed by atoms with Crippen LogP contribution >= 0.6 is 0 Å². The van der Waals surface area contributed by atoms with Crippen LogP contribution in [0.3, 0.4) is 0 Å². The summed E-state index contributed by atoms with van der Waals surface area (Å²) in [4.78, 5) is 10.2. The normalized spacial score (nSPS) is 10.3. The van der Waals surface area contributed by atoms with E-state index in [0.29, 0.717) is 17.9 Å². The molecule has 3 N–H and O–H groups in total. The highest BCUT2D eigenvalue weighted by Gasteiger charge is 2.10. The predicted octanol–water partition coefficient (Wildman–Crippen LogP) is 1.59. The molecule has 1 rings (SSSR count). The largest absolute Gasteiger partial charge is 0.493 e. The Balaban J connectivity index is 2.57. The number of nitrogens with two attached hydrogens (primary N) is 1. The Morgan fingerprint density at radius 3 is 2.72 bits per heavy atom. The van der Waals surface area contributed by atoms with Crippen LogP contribution in [0.15, 0.2) is 18.2 Å². The van der Waals surface area contributed by atoms with E-state index in [1.165, 1.54) is 12.1 Å². The van der Waals surface area contributed by atoms with Crippen LogP contribution in [0, 0.1) is 10.1 Å². The Morgan fingerprint density at radius 1 is 1.33 bits per heavy atom. The van der Waals surface area contributed by atoms with Gasteiger partial charge >= 0.3 is 0 Å². The Morgan fingerprint density at radius 2 is 2.11 bits per heavy atom. The second-order valence-electron chi connectivity index (χ2n) is 3.89. The molecule has 6 nitrogen and oxygen atoms in total. The van der Waals surface area contributed by atoms with E-state index in [2.05, 4.69) is 0 Å². The molecule has 0 atom stereocenters. The predicted molar refractivity (Wildman–Crippen MR) is 67.4 cm³/mol. The van der Waals surface area contributed by atoms with Gasteiger partial charge in [-0.3, -0.25) is 10.1 Å². The van der Waals surface area contributed by atoms with Crippen molar-refractivity contribution in [3.8, 4) is 5.75 Å². The Hall–Kier alpha value is -1.66. The number of nitrogens with zero attached hydrogens (tertiary/aromatic N) is 1. The minimum Gasteiger partial charge on any atom is -0.493 e. The van der Waals surface area contributed by atoms with Gasteiger partial charge in [0.05, 0.1) is 11.5 Å². The summed E-state index contributed by atoms with van der Waals surface area (Å²) >= 11 is 0. The lowest BCUT2D eigenvalue weighted by Gasteiger charge is -2.09. The summed E-state index contributed by atoms with van der Waals surface area (Å²) in [5, 5.41) is 19.2. The SMILES string of the molecule is NCc1cc([N+](=O)[O-])ccc1OCCCCCO. The van der Waals surface area contributed by atoms with Gasteiger partial charge in [0.1, 0.15) is 5.75 Å². The first-order valence-corrected chi connectivity index (χ1v) is 5.90. The molecule has 0 amide bonds. The smallest absolute Gasteiger partial charge is 0.270 e. The monoisotopic (exact) mass is 254 g/mol. The van der Waals surface area contributed by atoms with E-state index in [9.17, 15) is 10.1 Å². The molecule has 1 aromatic rings. The Kier molecular flexibility index (Phi) is 6.10. The van der Waals surface area contributed by atoms with Crippen LogP contribution in [0.5, 0.6) is 5.75 Å². The average molecular weight is 254 g/mol. The molecule has 0 aliphatic heterocycles. The van der Waals surface area contributed by atoms with E-state index in [1.54, 1.807) is 6.07 Å². The van der Waals surface area contributed by atoms with Crippen LogP contribution in [-0.2, 0) is 6.54 Å². The van der Waals surface area contributed by atoms with E-state index in [-0.39, 0.29) is 18.8 Å². The molecular weight excluding hydrogens is 236 g/mol. The molecule has 0 bridgehead atoms. The summed E-state index contributed by atoms with van der Waals surface area (Å²) < 4.78 is 5.53. The van der Waals surface area contributed by atoms with E-state index in [1.807, 2.05) is 0 Å². The molecule has 1 aromatic carbocycles. The number of aliphatic hydroxyl groups excluding tert-OH is 1. The second-order valence-corrected chi connectivity index (χ2v) is 3.89. The highest BCUT2D eigenvalue weighted by Crippen LogP contribution is 2.24. The molecule has 18 heavy (non-hydrogen) atoms. The lowest BCUT2D eigenvalue weighted by atomic mass is 10.2. The highest BCUT2D eigenvalue weighted by atomic mass is 16.6. The molecule has 6 heteroatoms. The van der Waals surface area contributed by atoms with Crippen molar-refractivity contribution in [3.63, 3.8) is 0 Å². The van der Waals surface area contributed by atoms with Crippen molar-refractivity contribution in [2.45, 2.75) is 25.8 Å². The van der Waals surface area contributed by atoms with Crippen LogP contribution < -0.4 is 10.5 Å². The van der Waals surface area contributed by atoms with Gasteiger partial charge in [0.2, 0.25) is 0 Å². The van der Waals surface area contributed by atoms with Crippen LogP contribution in [0.2, 0.25) is 0 Å². The fourth-order valence-electron chi connectivity index (χ4n) is 1.55. The van der Waals surface area contributed by atoms with E-state index >= 15 is 0 Å². The number of aliphatic hydroxyl groups is 1. The van der Waals surface area contributed by atoms with E-state index < -0.39 is 4.92 Å². The number of hydrogen-bond acceptors (Lipinski definition) is 5. The number of hydrogen-bond donors (Lipinski definition) is 2. The van der Waals surface area contributed by atoms with Gasteiger partial charge in [-0.1, -0.05) is 0 Å². The van der Waals surface area contributed by atoms with Gasteiger partial charge in [0, 0.05) is 30.8 Å². The molecular formula is C12H18N2O4. The topological polar surface area (TPSA) is 98.6 Å². The molecule has 0 aliphatic rings. The summed E-state index contributed by atoms with van der Waals surface area (Å²) in [6.45, 7) is 0.907. The Bertz CT molecular complexity index is 396. The van der Waals surface area contributed by atoms with Crippen LogP contribution in [0.25, 0.3) is 0 Å². The third kappa shape index (κ3) is 4.31. The fraction of sp³-hybridized carbons (Fsp3) is 0.500. The summed E-state index contributed by atoms with van der Waals surface area (Å²) in [6, 6.07) is 4.41. The number of benzene rings is 1. The van der Waals surface area contributed by atoms with Gasteiger partial charge < -0.3 is 15.6 Å². The zero-order valence-corrected chi connectivity index (χ0v) is 10.2. The minimum atomic E-state index is -0.454. The number of nitro benzene ring substituents is 1. The molecule has 0 spiro atoms. The van der Waals surface area contributed by atoms with Gasteiger partial charge in [-0.05, 0) is 25.3 Å². The molecule has 0 aromatic heterocycles. The maximum atomic E-state index is 10.6. The molecule has 0 unspecified atom stereocenters. The zero-order chi connectivity index (χ0) is 13.4. The first-order valence-electron chi connectivity index (χ1n) is 5.90. The van der Waals surface area contributed by atoms with Gasteiger partial charge in [-0.15, -0.1) is 0 Å². The van der Waals surface area contributed by atoms with E-state index in [4.69, 9.17) is 15.6 Å². The number of ether oxygens (including phenoxy) is 1. The molecule has 0 saturated heterocycles. The number of non-ortho nitro benzene ring substituents is 1. The molecule has 0 fully saturated rings. The number of rotatable bonds is 8. The Labute approximate surface area is 106 Å². The molecule has 0 radical (unpaired) electrons. The lowest BCUT2D eigenvalue weighted by Crippen LogP contribution is -2.05. The average Bonchev–Trinajstić information content (AvgIpc) is 2.38. The first kappa shape index (κ1) is 14.4. The summed E-state index contributed by atoms with van der Waals surface area (Å²) in [7, 11) is 0. The van der Waals surface area contributed by atoms with E-state index in [0.717, 1.165) is 19.3 Å². The maximum Gasteiger partial charge on any atom is 0.270 e. The number of unbranched alkanes of at least 4 members (excludes halogenated alkanes) is 2. The molecule has 0 saturated carbocycles. The van der Waals surface area contributed by atoms with Crippen LogP contribution in [0.4, 0.5) is 5.69 Å². The standard InChI is InChI=1S/C12H18N2O4/c13-9-10-8-11(14(16)17)4-5-12(10)18-7-3-1-2-6-15/h4-5,8,15H,1-3,6-7,9,13H2. The van der Waals surface area contributed by atoms with Crippen molar-refractivity contribution in [2.75, 3.05) is 13.2 Å². The van der Waals surface area contributed by atoms with Crippen LogP contribution in [0.1, 0.15) is 24.8 Å². The quantitative estimate of drug-likeness (QED) is 0.417.